The van der Waals surface area contributed by atoms with Gasteiger partial charge in [0.1, 0.15) is 5.57 Å². The summed E-state index contributed by atoms with van der Waals surface area (Å²) in [7, 11) is 2.65. The van der Waals surface area contributed by atoms with E-state index >= 15 is 0 Å². The van der Waals surface area contributed by atoms with Crippen LogP contribution in [0.5, 0.6) is 0 Å². The van der Waals surface area contributed by atoms with Crippen molar-refractivity contribution in [2.45, 2.75) is 6.29 Å². The molecule has 0 amide bonds. The topological polar surface area (TPSA) is 72.8 Å². The van der Waals surface area contributed by atoms with Gasteiger partial charge in [-0.2, -0.15) is 0 Å². The van der Waals surface area contributed by atoms with Crippen molar-refractivity contribution in [1.29, 1.82) is 0 Å². The van der Waals surface area contributed by atoms with E-state index in [-0.39, 0.29) is 16.7 Å². The Morgan fingerprint density at radius 2 is 1.50 bits per heavy atom. The summed E-state index contributed by atoms with van der Waals surface area (Å²) in [6.45, 7) is 0. The Morgan fingerprint density at radius 1 is 1.00 bits per heavy atom. The molecule has 0 heterocycles. The third-order valence-corrected chi connectivity index (χ3v) is 2.79. The third kappa shape index (κ3) is 1.73. The normalized spacial score (nSPS) is 15.3. The van der Waals surface area contributed by atoms with Gasteiger partial charge in [0.05, 0.1) is 0 Å². The van der Waals surface area contributed by atoms with E-state index in [1.165, 1.54) is 26.4 Å². The Labute approximate surface area is 104 Å². The van der Waals surface area contributed by atoms with Gasteiger partial charge >= 0.3 is 0 Å². The first-order valence-electron chi connectivity index (χ1n) is 5.29. The first-order valence-corrected chi connectivity index (χ1v) is 5.29. The number of Topliss-reactive ketones (excluding diaryl/α,β-unsaturated/α-hetero) is 2. The maximum atomic E-state index is 12.2. The first-order chi connectivity index (χ1) is 8.61. The zero-order valence-corrected chi connectivity index (χ0v) is 9.97. The van der Waals surface area contributed by atoms with Gasteiger partial charge in [0.2, 0.25) is 5.78 Å². The summed E-state index contributed by atoms with van der Waals surface area (Å²) >= 11 is 0. The number of allylic oxidation sites excluding steroid dienone is 1. The summed E-state index contributed by atoms with van der Waals surface area (Å²) < 4.78 is 9.86. The minimum atomic E-state index is -1.06. The number of carbonyl (C=O) groups is 2. The minimum Gasteiger partial charge on any atom is -0.504 e. The zero-order chi connectivity index (χ0) is 13.3. The van der Waals surface area contributed by atoms with Crippen LogP contribution in [0.3, 0.4) is 0 Å². The molecule has 0 aliphatic heterocycles. The van der Waals surface area contributed by atoms with Gasteiger partial charge < -0.3 is 14.6 Å². The molecule has 0 saturated heterocycles. The predicted molar refractivity (Wildman–Crippen MR) is 62.6 cm³/mol. The van der Waals surface area contributed by atoms with Crippen molar-refractivity contribution in [1.82, 2.24) is 0 Å². The van der Waals surface area contributed by atoms with Crippen molar-refractivity contribution >= 4 is 11.6 Å². The Bertz CT molecular complexity index is 540. The van der Waals surface area contributed by atoms with Gasteiger partial charge in [-0.05, 0) is 0 Å². The molecule has 0 spiro atoms. The molecule has 0 unspecified atom stereocenters. The molecule has 2 rings (SSSR count). The average molecular weight is 248 g/mol. The molecule has 0 aromatic heterocycles. The van der Waals surface area contributed by atoms with Crippen LogP contribution in [0.2, 0.25) is 0 Å². The molecule has 0 bridgehead atoms. The van der Waals surface area contributed by atoms with Crippen LogP contribution in [0, 0.1) is 0 Å². The van der Waals surface area contributed by atoms with Gasteiger partial charge in [-0.25, -0.2) is 0 Å². The van der Waals surface area contributed by atoms with E-state index in [1.807, 2.05) is 0 Å². The van der Waals surface area contributed by atoms with Crippen molar-refractivity contribution in [2.75, 3.05) is 14.2 Å². The lowest BCUT2D eigenvalue weighted by Gasteiger charge is -2.22. The summed E-state index contributed by atoms with van der Waals surface area (Å²) in [5.74, 6) is -1.68. The lowest BCUT2D eigenvalue weighted by molar-refractivity contribution is -0.0751. The largest absolute Gasteiger partial charge is 0.504 e. The third-order valence-electron chi connectivity index (χ3n) is 2.79. The van der Waals surface area contributed by atoms with Crippen LogP contribution >= 0.6 is 0 Å². The van der Waals surface area contributed by atoms with E-state index in [0.717, 1.165) is 0 Å². The van der Waals surface area contributed by atoms with Crippen molar-refractivity contribution < 1.29 is 24.2 Å². The van der Waals surface area contributed by atoms with Crippen molar-refractivity contribution in [2.24, 2.45) is 0 Å². The molecule has 0 atom stereocenters. The second-order valence-corrected chi connectivity index (χ2v) is 3.77. The molecular formula is C13H12O5. The molecule has 94 valence electrons. The maximum Gasteiger partial charge on any atom is 0.228 e. The van der Waals surface area contributed by atoms with Gasteiger partial charge in [0.15, 0.2) is 17.8 Å². The molecule has 1 aliphatic carbocycles. The summed E-state index contributed by atoms with van der Waals surface area (Å²) in [5.41, 5.74) is 0.271. The van der Waals surface area contributed by atoms with Gasteiger partial charge in [-0.1, -0.05) is 24.3 Å². The highest BCUT2D eigenvalue weighted by molar-refractivity contribution is 6.26. The monoisotopic (exact) mass is 248 g/mol. The van der Waals surface area contributed by atoms with Crippen LogP contribution in [-0.2, 0) is 9.47 Å². The standard InChI is InChI=1S/C13H12O5/c1-17-13(18-2)9-10(14)7-5-3-4-6-8(7)11(15)12(9)16/h3-6,13,16H,1-2H3. The van der Waals surface area contributed by atoms with Crippen LogP contribution in [-0.4, -0.2) is 37.2 Å². The number of hydrogen-bond acceptors (Lipinski definition) is 5. The van der Waals surface area contributed by atoms with E-state index < -0.39 is 23.6 Å². The number of fused-ring (bicyclic) bond motifs is 1. The summed E-state index contributed by atoms with van der Waals surface area (Å²) in [6, 6.07) is 6.31. The molecule has 18 heavy (non-hydrogen) atoms. The summed E-state index contributed by atoms with van der Waals surface area (Å²) in [4.78, 5) is 24.1. The molecule has 0 saturated carbocycles. The molecule has 5 heteroatoms. The van der Waals surface area contributed by atoms with Gasteiger partial charge in [0, 0.05) is 25.3 Å². The fourth-order valence-corrected chi connectivity index (χ4v) is 1.93. The van der Waals surface area contributed by atoms with Crippen molar-refractivity contribution in [3.63, 3.8) is 0 Å². The summed E-state index contributed by atoms with van der Waals surface area (Å²) in [5, 5.41) is 9.84. The molecule has 1 aromatic rings. The Kier molecular flexibility index (Phi) is 3.27. The number of benzene rings is 1. The first kappa shape index (κ1) is 12.5. The Morgan fingerprint density at radius 3 is 2.00 bits per heavy atom. The van der Waals surface area contributed by atoms with E-state index in [1.54, 1.807) is 12.1 Å². The van der Waals surface area contributed by atoms with Gasteiger partial charge in [-0.15, -0.1) is 0 Å². The SMILES string of the molecule is COC(OC)C1=C(O)C(=O)c2ccccc2C1=O. The lowest BCUT2D eigenvalue weighted by atomic mass is 9.88. The molecule has 5 nitrogen and oxygen atoms in total. The minimum absolute atomic E-state index is 0.163. The number of methoxy groups -OCH3 is 2. The lowest BCUT2D eigenvalue weighted by Crippen LogP contribution is -2.31. The fraction of sp³-hybridized carbons (Fsp3) is 0.231. The average Bonchev–Trinajstić information content (AvgIpc) is 2.41. The number of aliphatic hydroxyl groups excluding tert-OH is 1. The Balaban J connectivity index is 2.60. The molecule has 1 N–H and O–H groups in total. The van der Waals surface area contributed by atoms with Crippen LogP contribution < -0.4 is 0 Å². The molecule has 0 fully saturated rings. The highest BCUT2D eigenvalue weighted by Crippen LogP contribution is 2.27. The molecule has 1 aromatic carbocycles. The van der Waals surface area contributed by atoms with Crippen LogP contribution in [0.15, 0.2) is 35.6 Å². The quantitative estimate of drug-likeness (QED) is 0.820. The maximum absolute atomic E-state index is 12.2. The molecule has 1 aliphatic rings. The molecule has 0 radical (unpaired) electrons. The van der Waals surface area contributed by atoms with E-state index in [9.17, 15) is 14.7 Å². The highest BCUT2D eigenvalue weighted by atomic mass is 16.7. The number of ether oxygens (including phenoxy) is 2. The predicted octanol–water partition coefficient (Wildman–Crippen LogP) is 1.50. The van der Waals surface area contributed by atoms with Crippen LogP contribution in [0.1, 0.15) is 20.7 Å². The van der Waals surface area contributed by atoms with Crippen LogP contribution in [0.4, 0.5) is 0 Å². The van der Waals surface area contributed by atoms with Crippen LogP contribution in [0.25, 0.3) is 0 Å². The second-order valence-electron chi connectivity index (χ2n) is 3.77. The van der Waals surface area contributed by atoms with E-state index in [4.69, 9.17) is 9.47 Å². The van der Waals surface area contributed by atoms with Gasteiger partial charge in [-0.3, -0.25) is 9.59 Å². The number of rotatable bonds is 3. The van der Waals surface area contributed by atoms with E-state index in [2.05, 4.69) is 0 Å². The second kappa shape index (κ2) is 4.72. The van der Waals surface area contributed by atoms with Crippen molar-refractivity contribution in [3.8, 4) is 0 Å². The number of hydrogen-bond donors (Lipinski definition) is 1. The van der Waals surface area contributed by atoms with Gasteiger partial charge in [0.25, 0.3) is 0 Å². The van der Waals surface area contributed by atoms with Crippen molar-refractivity contribution in [3.05, 3.63) is 46.7 Å². The fourth-order valence-electron chi connectivity index (χ4n) is 1.93. The zero-order valence-electron chi connectivity index (χ0n) is 9.97. The smallest absolute Gasteiger partial charge is 0.228 e. The molecular weight excluding hydrogens is 236 g/mol. The summed E-state index contributed by atoms with van der Waals surface area (Å²) in [6.07, 6.45) is -1.06. The highest BCUT2D eigenvalue weighted by Gasteiger charge is 2.36. The number of aliphatic hydroxyl groups is 1. The van der Waals surface area contributed by atoms with E-state index in [0.29, 0.717) is 0 Å². The number of carbonyl (C=O) groups excluding carboxylic acids is 2. The Hall–Kier alpha value is -1.98. The number of ketones is 2.